The molecule has 1 aromatic rings. The van der Waals surface area contributed by atoms with E-state index in [1.165, 1.54) is 0 Å². The van der Waals surface area contributed by atoms with Crippen molar-refractivity contribution in [2.45, 2.75) is 40.2 Å². The molecule has 0 aliphatic rings. The number of aryl methyl sites for hydroxylation is 1. The molecular formula is C15H32IN7. The van der Waals surface area contributed by atoms with Gasteiger partial charge >= 0.3 is 0 Å². The molecule has 0 radical (unpaired) electrons. The largest absolute Gasteiger partial charge is 0.356 e. The molecule has 0 aliphatic carbocycles. The minimum atomic E-state index is 0. The van der Waals surface area contributed by atoms with Crippen LogP contribution in [0.3, 0.4) is 0 Å². The van der Waals surface area contributed by atoms with Crippen molar-refractivity contribution in [2.24, 2.45) is 4.99 Å². The van der Waals surface area contributed by atoms with Gasteiger partial charge in [-0.2, -0.15) is 0 Å². The van der Waals surface area contributed by atoms with Crippen LogP contribution >= 0.6 is 24.0 Å². The average Bonchev–Trinajstić information content (AvgIpc) is 3.00. The Hall–Kier alpha value is -0.900. The Morgan fingerprint density at radius 3 is 2.52 bits per heavy atom. The van der Waals surface area contributed by atoms with Crippen LogP contribution in [0.2, 0.25) is 0 Å². The zero-order valence-corrected chi connectivity index (χ0v) is 17.2. The third-order valence-electron chi connectivity index (χ3n) is 3.72. The molecule has 0 unspecified atom stereocenters. The molecular weight excluding hydrogens is 405 g/mol. The Kier molecular flexibility index (Phi) is 13.0. The first-order chi connectivity index (χ1) is 10.7. The molecule has 0 spiro atoms. The molecule has 0 aliphatic heterocycles. The Labute approximate surface area is 157 Å². The Morgan fingerprint density at radius 2 is 1.91 bits per heavy atom. The van der Waals surface area contributed by atoms with Crippen LogP contribution in [0.5, 0.6) is 0 Å². The van der Waals surface area contributed by atoms with Gasteiger partial charge in [0.1, 0.15) is 12.2 Å². The second-order valence-electron chi connectivity index (χ2n) is 5.10. The van der Waals surface area contributed by atoms with Crippen LogP contribution < -0.4 is 10.6 Å². The molecule has 134 valence electrons. The summed E-state index contributed by atoms with van der Waals surface area (Å²) in [7, 11) is 1.80. The summed E-state index contributed by atoms with van der Waals surface area (Å²) < 4.78 is 2.07. The Morgan fingerprint density at radius 1 is 1.22 bits per heavy atom. The lowest BCUT2D eigenvalue weighted by molar-refractivity contribution is 0.300. The first-order valence-corrected chi connectivity index (χ1v) is 8.28. The number of aliphatic imine (C=N–C) groups is 1. The Balaban J connectivity index is 0.00000484. The van der Waals surface area contributed by atoms with Crippen molar-refractivity contribution < 1.29 is 0 Å². The highest BCUT2D eigenvalue weighted by atomic mass is 127. The van der Waals surface area contributed by atoms with Gasteiger partial charge in [0, 0.05) is 33.1 Å². The van der Waals surface area contributed by atoms with E-state index in [1.54, 1.807) is 13.4 Å². The standard InChI is InChI=1S/C15H31N7.HI/c1-5-14-20-19-13-22(14)12-10-18-15(16-4)17-9-8-11-21(6-2)7-3;/h13H,5-12H2,1-4H3,(H2,16,17,18);1H. The maximum atomic E-state index is 4.25. The molecule has 1 rings (SSSR count). The molecule has 0 saturated heterocycles. The maximum absolute atomic E-state index is 4.25. The fourth-order valence-electron chi connectivity index (χ4n) is 2.30. The SMILES string of the molecule is CCc1nncn1CCNC(=NC)NCCCN(CC)CC.I. The summed E-state index contributed by atoms with van der Waals surface area (Å²) in [5.74, 6) is 1.87. The van der Waals surface area contributed by atoms with E-state index >= 15 is 0 Å². The molecule has 0 fully saturated rings. The van der Waals surface area contributed by atoms with Crippen LogP contribution in [0.15, 0.2) is 11.3 Å². The van der Waals surface area contributed by atoms with Gasteiger partial charge in [-0.05, 0) is 26.1 Å². The fourth-order valence-corrected chi connectivity index (χ4v) is 2.30. The predicted molar refractivity (Wildman–Crippen MR) is 107 cm³/mol. The van der Waals surface area contributed by atoms with Crippen molar-refractivity contribution in [3.05, 3.63) is 12.2 Å². The van der Waals surface area contributed by atoms with Crippen LogP contribution in [0, 0.1) is 0 Å². The van der Waals surface area contributed by atoms with E-state index in [2.05, 4.69) is 56.1 Å². The van der Waals surface area contributed by atoms with E-state index in [4.69, 9.17) is 0 Å². The van der Waals surface area contributed by atoms with E-state index in [-0.39, 0.29) is 24.0 Å². The van der Waals surface area contributed by atoms with E-state index in [9.17, 15) is 0 Å². The lowest BCUT2D eigenvalue weighted by Crippen LogP contribution is -2.40. The molecule has 0 amide bonds. The molecule has 8 heteroatoms. The number of guanidine groups is 1. The highest BCUT2D eigenvalue weighted by molar-refractivity contribution is 14.0. The lowest BCUT2D eigenvalue weighted by atomic mass is 10.3. The minimum Gasteiger partial charge on any atom is -0.356 e. The van der Waals surface area contributed by atoms with E-state index in [1.807, 2.05) is 0 Å². The third-order valence-corrected chi connectivity index (χ3v) is 3.72. The summed E-state index contributed by atoms with van der Waals surface area (Å²) in [4.78, 5) is 6.67. The molecule has 1 aromatic heterocycles. The van der Waals surface area contributed by atoms with E-state index in [0.29, 0.717) is 0 Å². The zero-order chi connectivity index (χ0) is 16.2. The van der Waals surface area contributed by atoms with Gasteiger partial charge in [0.25, 0.3) is 0 Å². The van der Waals surface area contributed by atoms with Gasteiger partial charge in [0.15, 0.2) is 5.96 Å². The first kappa shape index (κ1) is 22.1. The van der Waals surface area contributed by atoms with Crippen LogP contribution in [0.25, 0.3) is 0 Å². The topological polar surface area (TPSA) is 70.4 Å². The highest BCUT2D eigenvalue weighted by Crippen LogP contribution is 1.94. The molecule has 0 bridgehead atoms. The van der Waals surface area contributed by atoms with E-state index in [0.717, 1.165) is 63.9 Å². The number of rotatable bonds is 10. The van der Waals surface area contributed by atoms with Gasteiger partial charge in [-0.15, -0.1) is 34.2 Å². The van der Waals surface area contributed by atoms with Crippen molar-refractivity contribution >= 4 is 29.9 Å². The van der Waals surface area contributed by atoms with E-state index < -0.39 is 0 Å². The summed E-state index contributed by atoms with van der Waals surface area (Å²) in [5, 5.41) is 14.7. The second-order valence-corrected chi connectivity index (χ2v) is 5.10. The summed E-state index contributed by atoms with van der Waals surface area (Å²) in [6.45, 7) is 12.4. The zero-order valence-electron chi connectivity index (χ0n) is 14.9. The molecule has 0 saturated carbocycles. The number of halogens is 1. The first-order valence-electron chi connectivity index (χ1n) is 8.28. The van der Waals surface area contributed by atoms with Crippen molar-refractivity contribution in [3.8, 4) is 0 Å². The van der Waals surface area contributed by atoms with Crippen LogP contribution in [0.1, 0.15) is 33.0 Å². The number of nitrogens with one attached hydrogen (secondary N) is 2. The summed E-state index contributed by atoms with van der Waals surface area (Å²) in [6, 6.07) is 0. The molecule has 0 atom stereocenters. The van der Waals surface area contributed by atoms with Gasteiger partial charge in [-0.25, -0.2) is 0 Å². The van der Waals surface area contributed by atoms with Crippen molar-refractivity contribution in [1.82, 2.24) is 30.3 Å². The maximum Gasteiger partial charge on any atom is 0.191 e. The molecule has 23 heavy (non-hydrogen) atoms. The minimum absolute atomic E-state index is 0. The lowest BCUT2D eigenvalue weighted by Gasteiger charge is -2.18. The predicted octanol–water partition coefficient (Wildman–Crippen LogP) is 1.36. The number of hydrogen-bond donors (Lipinski definition) is 2. The monoisotopic (exact) mass is 437 g/mol. The van der Waals surface area contributed by atoms with Gasteiger partial charge in [-0.3, -0.25) is 4.99 Å². The highest BCUT2D eigenvalue weighted by Gasteiger charge is 2.02. The fraction of sp³-hybridized carbons (Fsp3) is 0.800. The van der Waals surface area contributed by atoms with Crippen LogP contribution in [-0.2, 0) is 13.0 Å². The Bertz CT molecular complexity index is 429. The van der Waals surface area contributed by atoms with Crippen molar-refractivity contribution in [3.63, 3.8) is 0 Å². The molecule has 0 aromatic carbocycles. The molecule has 1 heterocycles. The van der Waals surface area contributed by atoms with Crippen molar-refractivity contribution in [2.75, 3.05) is 39.8 Å². The van der Waals surface area contributed by atoms with Gasteiger partial charge in [-0.1, -0.05) is 20.8 Å². The van der Waals surface area contributed by atoms with Crippen LogP contribution in [0.4, 0.5) is 0 Å². The molecule has 7 nitrogen and oxygen atoms in total. The van der Waals surface area contributed by atoms with Gasteiger partial charge < -0.3 is 20.1 Å². The second kappa shape index (κ2) is 13.5. The number of aromatic nitrogens is 3. The third kappa shape index (κ3) is 8.50. The van der Waals surface area contributed by atoms with Gasteiger partial charge in [0.05, 0.1) is 0 Å². The number of nitrogens with zero attached hydrogens (tertiary/aromatic N) is 5. The number of hydrogen-bond acceptors (Lipinski definition) is 4. The van der Waals surface area contributed by atoms with Crippen molar-refractivity contribution in [1.29, 1.82) is 0 Å². The average molecular weight is 437 g/mol. The smallest absolute Gasteiger partial charge is 0.191 e. The summed E-state index contributed by atoms with van der Waals surface area (Å²) >= 11 is 0. The van der Waals surface area contributed by atoms with Crippen LogP contribution in [-0.4, -0.2) is 65.4 Å². The summed E-state index contributed by atoms with van der Waals surface area (Å²) in [5.41, 5.74) is 0. The normalized spacial score (nSPS) is 11.4. The molecule has 2 N–H and O–H groups in total. The van der Waals surface area contributed by atoms with Gasteiger partial charge in [0.2, 0.25) is 0 Å². The quantitative estimate of drug-likeness (QED) is 0.250. The summed E-state index contributed by atoms with van der Waals surface area (Å²) in [6.07, 6.45) is 3.80.